The molecule has 27 heavy (non-hydrogen) atoms. The maximum Gasteiger partial charge on any atom is 0.258 e. The monoisotopic (exact) mass is 400 g/mol. The van der Waals surface area contributed by atoms with Crippen LogP contribution in [-0.2, 0) is 11.2 Å². The van der Waals surface area contributed by atoms with E-state index in [1.54, 1.807) is 28.9 Å². The Labute approximate surface area is 165 Å². The third-order valence-corrected chi connectivity index (χ3v) is 6.18. The van der Waals surface area contributed by atoms with Gasteiger partial charge in [-0.2, -0.15) is 0 Å². The van der Waals surface area contributed by atoms with Crippen LogP contribution in [-0.4, -0.2) is 23.5 Å². The number of furan rings is 1. The molecule has 1 atom stereocenters. The molecule has 1 N–H and O–H groups in total. The third kappa shape index (κ3) is 3.99. The molecule has 0 fully saturated rings. The predicted molar refractivity (Wildman–Crippen MR) is 110 cm³/mol. The Balaban J connectivity index is 1.38. The molecule has 4 aromatic rings. The van der Waals surface area contributed by atoms with E-state index in [2.05, 4.69) is 10.3 Å². The van der Waals surface area contributed by atoms with Gasteiger partial charge in [-0.1, -0.05) is 0 Å². The van der Waals surface area contributed by atoms with Crippen LogP contribution in [0.5, 0.6) is 5.75 Å². The van der Waals surface area contributed by atoms with Crippen LogP contribution in [0.25, 0.3) is 20.3 Å². The van der Waals surface area contributed by atoms with E-state index in [-0.39, 0.29) is 18.6 Å². The van der Waals surface area contributed by atoms with Crippen LogP contribution in [0.1, 0.15) is 24.1 Å². The lowest BCUT2D eigenvalue weighted by Crippen LogP contribution is -2.36. The number of nitrogens with one attached hydrogen (secondary N) is 1. The summed E-state index contributed by atoms with van der Waals surface area (Å²) in [6, 6.07) is 7.88. The zero-order chi connectivity index (χ0) is 18.8. The lowest BCUT2D eigenvalue weighted by Gasteiger charge is -2.14. The number of aromatic nitrogens is 1. The van der Waals surface area contributed by atoms with Crippen molar-refractivity contribution in [3.8, 4) is 5.75 Å². The minimum absolute atomic E-state index is 0.000663. The minimum Gasteiger partial charge on any atom is -0.483 e. The lowest BCUT2D eigenvalue weighted by molar-refractivity contribution is -0.123. The van der Waals surface area contributed by atoms with Crippen molar-refractivity contribution in [2.24, 2.45) is 0 Å². The number of thiophene rings is 1. The number of amides is 1. The first-order valence-corrected chi connectivity index (χ1v) is 10.5. The summed E-state index contributed by atoms with van der Waals surface area (Å²) in [6.45, 7) is 3.99. The fourth-order valence-corrected chi connectivity index (χ4v) is 4.88. The molecule has 3 aromatic heterocycles. The Morgan fingerprint density at radius 2 is 2.30 bits per heavy atom. The van der Waals surface area contributed by atoms with Gasteiger partial charge in [0, 0.05) is 23.9 Å². The Bertz CT molecular complexity index is 1070. The SMILES string of the molecule is Cc1nc2c(cc(OCC(=O)NC(C)CCc3ccco3)c3ccsc32)s1. The van der Waals surface area contributed by atoms with Crippen LogP contribution >= 0.6 is 22.7 Å². The predicted octanol–water partition coefficient (Wildman–Crippen LogP) is 4.93. The number of hydrogen-bond donors (Lipinski definition) is 1. The van der Waals surface area contributed by atoms with E-state index in [0.29, 0.717) is 0 Å². The number of thiazole rings is 1. The molecule has 4 rings (SSSR count). The number of fused-ring (bicyclic) bond motifs is 3. The first-order chi connectivity index (χ1) is 13.1. The summed E-state index contributed by atoms with van der Waals surface area (Å²) in [7, 11) is 0. The summed E-state index contributed by atoms with van der Waals surface area (Å²) in [5, 5.41) is 7.05. The van der Waals surface area contributed by atoms with Gasteiger partial charge in [0.25, 0.3) is 5.91 Å². The Kier molecular flexibility index (Phi) is 5.13. The van der Waals surface area contributed by atoms with Crippen molar-refractivity contribution in [2.45, 2.75) is 32.7 Å². The molecule has 1 aromatic carbocycles. The van der Waals surface area contributed by atoms with Gasteiger partial charge in [-0.3, -0.25) is 4.79 Å². The van der Waals surface area contributed by atoms with Crippen molar-refractivity contribution in [1.29, 1.82) is 0 Å². The Morgan fingerprint density at radius 3 is 3.11 bits per heavy atom. The standard InChI is InChI=1S/C20H20N2O3S2/c1-12(5-6-14-4-3-8-24-14)21-18(23)11-25-16-10-17-19(22-13(2)27-17)20-15(16)7-9-26-20/h3-4,7-10,12H,5-6,11H2,1-2H3,(H,21,23). The molecule has 5 nitrogen and oxygen atoms in total. The van der Waals surface area contributed by atoms with Gasteiger partial charge in [0.2, 0.25) is 0 Å². The second-order valence-corrected chi connectivity index (χ2v) is 8.64. The fraction of sp³-hybridized carbons (Fsp3) is 0.300. The summed E-state index contributed by atoms with van der Waals surface area (Å²) >= 11 is 3.29. The molecule has 1 amide bonds. The van der Waals surface area contributed by atoms with E-state index in [0.717, 1.165) is 49.7 Å². The molecule has 7 heteroatoms. The fourth-order valence-electron chi connectivity index (χ4n) is 3.05. The highest BCUT2D eigenvalue weighted by Gasteiger charge is 2.14. The summed E-state index contributed by atoms with van der Waals surface area (Å²) in [4.78, 5) is 16.9. The summed E-state index contributed by atoms with van der Waals surface area (Å²) in [5.74, 6) is 1.55. The molecule has 1 unspecified atom stereocenters. The topological polar surface area (TPSA) is 64.4 Å². The Morgan fingerprint density at radius 1 is 1.41 bits per heavy atom. The van der Waals surface area contributed by atoms with E-state index >= 15 is 0 Å². The van der Waals surface area contributed by atoms with Gasteiger partial charge in [-0.05, 0) is 43.8 Å². The highest BCUT2D eigenvalue weighted by molar-refractivity contribution is 7.21. The van der Waals surface area contributed by atoms with Crippen LogP contribution in [0.15, 0.2) is 40.3 Å². The molecule has 0 aliphatic rings. The van der Waals surface area contributed by atoms with Crippen molar-refractivity contribution in [1.82, 2.24) is 10.3 Å². The van der Waals surface area contributed by atoms with E-state index in [1.165, 1.54) is 0 Å². The van der Waals surface area contributed by atoms with Crippen LogP contribution in [0, 0.1) is 6.92 Å². The number of hydrogen-bond acceptors (Lipinski definition) is 6. The van der Waals surface area contributed by atoms with Crippen molar-refractivity contribution < 1.29 is 13.9 Å². The second kappa shape index (κ2) is 7.70. The summed E-state index contributed by atoms with van der Waals surface area (Å²) < 4.78 is 13.4. The molecule has 0 saturated heterocycles. The third-order valence-electron chi connectivity index (χ3n) is 4.34. The first kappa shape index (κ1) is 18.0. The maximum atomic E-state index is 12.3. The molecule has 0 spiro atoms. The highest BCUT2D eigenvalue weighted by Crippen LogP contribution is 2.38. The molecule has 0 radical (unpaired) electrons. The van der Waals surface area contributed by atoms with Crippen LogP contribution < -0.4 is 10.1 Å². The average molecular weight is 401 g/mol. The number of benzene rings is 1. The van der Waals surface area contributed by atoms with Gasteiger partial charge in [-0.15, -0.1) is 22.7 Å². The lowest BCUT2D eigenvalue weighted by atomic mass is 10.1. The quantitative estimate of drug-likeness (QED) is 0.478. The van der Waals surface area contributed by atoms with Crippen molar-refractivity contribution in [3.05, 3.63) is 46.7 Å². The second-order valence-electron chi connectivity index (χ2n) is 6.49. The number of ether oxygens (including phenoxy) is 1. The zero-order valence-electron chi connectivity index (χ0n) is 15.2. The van der Waals surface area contributed by atoms with Crippen molar-refractivity contribution in [2.75, 3.05) is 6.61 Å². The number of carbonyl (C=O) groups is 1. The van der Waals surface area contributed by atoms with E-state index in [9.17, 15) is 4.79 Å². The van der Waals surface area contributed by atoms with Gasteiger partial charge in [0.1, 0.15) is 11.5 Å². The molecule has 0 saturated carbocycles. The van der Waals surface area contributed by atoms with Crippen molar-refractivity contribution >= 4 is 48.9 Å². The van der Waals surface area contributed by atoms with E-state index < -0.39 is 0 Å². The molecule has 140 valence electrons. The van der Waals surface area contributed by atoms with Crippen LogP contribution in [0.4, 0.5) is 0 Å². The van der Waals surface area contributed by atoms with Gasteiger partial charge in [0.15, 0.2) is 6.61 Å². The maximum absolute atomic E-state index is 12.3. The number of nitrogens with zero attached hydrogens (tertiary/aromatic N) is 1. The van der Waals surface area contributed by atoms with E-state index in [4.69, 9.17) is 9.15 Å². The smallest absolute Gasteiger partial charge is 0.258 e. The van der Waals surface area contributed by atoms with Gasteiger partial charge in [0.05, 0.1) is 26.2 Å². The largest absolute Gasteiger partial charge is 0.483 e. The normalized spacial score (nSPS) is 12.5. The van der Waals surface area contributed by atoms with Gasteiger partial charge in [-0.25, -0.2) is 4.98 Å². The van der Waals surface area contributed by atoms with Crippen LogP contribution in [0.2, 0.25) is 0 Å². The van der Waals surface area contributed by atoms with Gasteiger partial charge >= 0.3 is 0 Å². The molecule has 0 aliphatic carbocycles. The molecule has 3 heterocycles. The number of rotatable bonds is 7. The number of carbonyl (C=O) groups excluding carboxylic acids is 1. The molecule has 0 bridgehead atoms. The van der Waals surface area contributed by atoms with E-state index in [1.807, 2.05) is 43.5 Å². The number of aryl methyl sites for hydroxylation is 2. The highest BCUT2D eigenvalue weighted by atomic mass is 32.1. The molecular formula is C20H20N2O3S2. The zero-order valence-corrected chi connectivity index (χ0v) is 16.8. The van der Waals surface area contributed by atoms with Crippen LogP contribution in [0.3, 0.4) is 0 Å². The Hall–Kier alpha value is -2.38. The minimum atomic E-state index is -0.120. The van der Waals surface area contributed by atoms with Gasteiger partial charge < -0.3 is 14.5 Å². The molecular weight excluding hydrogens is 380 g/mol. The summed E-state index contributed by atoms with van der Waals surface area (Å²) in [6.07, 6.45) is 3.28. The molecule has 0 aliphatic heterocycles. The summed E-state index contributed by atoms with van der Waals surface area (Å²) in [5.41, 5.74) is 1.02. The van der Waals surface area contributed by atoms with Crippen molar-refractivity contribution in [3.63, 3.8) is 0 Å². The average Bonchev–Trinajstić information content (AvgIpc) is 3.37. The first-order valence-electron chi connectivity index (χ1n) is 8.82.